The molecule has 0 aromatic heterocycles. The van der Waals surface area contributed by atoms with Crippen molar-refractivity contribution in [3.63, 3.8) is 0 Å². The molecule has 0 saturated carbocycles. The number of nitrogens with two attached hydrogens (primary N) is 1. The summed E-state index contributed by atoms with van der Waals surface area (Å²) in [5.74, 6) is -1.91. The van der Waals surface area contributed by atoms with Gasteiger partial charge in [-0.1, -0.05) is 67.6 Å². The van der Waals surface area contributed by atoms with Crippen molar-refractivity contribution in [2.75, 3.05) is 24.5 Å². The van der Waals surface area contributed by atoms with E-state index in [-0.39, 0.29) is 49.4 Å². The van der Waals surface area contributed by atoms with Crippen molar-refractivity contribution >= 4 is 29.3 Å². The number of nitrogens with zero attached hydrogens (tertiary/aromatic N) is 2. The molecule has 2 atom stereocenters. The molecule has 0 radical (unpaired) electrons. The van der Waals surface area contributed by atoms with Crippen LogP contribution in [0.2, 0.25) is 0 Å². The van der Waals surface area contributed by atoms with Crippen LogP contribution in [-0.2, 0) is 32.0 Å². The zero-order valence-electron chi connectivity index (χ0n) is 27.2. The highest BCUT2D eigenvalue weighted by atomic mass is 19.1. The van der Waals surface area contributed by atoms with Crippen molar-refractivity contribution < 1.29 is 28.7 Å². The van der Waals surface area contributed by atoms with Crippen molar-refractivity contribution in [1.82, 2.24) is 15.5 Å². The van der Waals surface area contributed by atoms with Gasteiger partial charge >= 0.3 is 0 Å². The summed E-state index contributed by atoms with van der Waals surface area (Å²) in [6.07, 6.45) is 2.77. The summed E-state index contributed by atoms with van der Waals surface area (Å²) in [6, 6.07) is 23.2. The quantitative estimate of drug-likeness (QED) is 0.208. The van der Waals surface area contributed by atoms with Gasteiger partial charge in [-0.05, 0) is 60.7 Å². The average Bonchev–Trinajstić information content (AvgIpc) is 3.11. The Bertz CT molecular complexity index is 1540. The first kappa shape index (κ1) is 35.8. The second-order valence-corrected chi connectivity index (χ2v) is 11.9. The minimum absolute atomic E-state index is 0.0254. The Morgan fingerprint density at radius 1 is 0.917 bits per heavy atom. The minimum Gasteiger partial charge on any atom is -0.508 e. The highest BCUT2D eigenvalue weighted by Crippen LogP contribution is 2.25. The van der Waals surface area contributed by atoms with Crippen LogP contribution >= 0.6 is 0 Å². The number of likely N-dealkylation sites (tertiary alicyclic amines) is 1. The Hall–Kier alpha value is -5.03. The zero-order chi connectivity index (χ0) is 34.5. The molecule has 1 aliphatic rings. The number of rotatable bonds is 14. The number of nitrogens with one attached hydrogen (secondary N) is 2. The van der Waals surface area contributed by atoms with Crippen molar-refractivity contribution in [2.24, 2.45) is 5.73 Å². The molecule has 11 heteroatoms. The number of amides is 4. The number of carbonyl (C=O) groups excluding carboxylic acids is 4. The van der Waals surface area contributed by atoms with E-state index in [2.05, 4.69) is 10.6 Å². The predicted molar refractivity (Wildman–Crippen MR) is 183 cm³/mol. The van der Waals surface area contributed by atoms with Gasteiger partial charge in [0.2, 0.25) is 23.6 Å². The van der Waals surface area contributed by atoms with E-state index in [0.717, 1.165) is 22.9 Å². The second-order valence-electron chi connectivity index (χ2n) is 11.9. The smallest absolute Gasteiger partial charge is 0.245 e. The Kier molecular flexibility index (Phi) is 13.3. The maximum atomic E-state index is 14.5. The molecule has 10 nitrogen and oxygen atoms in total. The highest BCUT2D eigenvalue weighted by Gasteiger charge is 2.33. The maximum Gasteiger partial charge on any atom is 0.245 e. The summed E-state index contributed by atoms with van der Waals surface area (Å²) >= 11 is 0. The van der Waals surface area contributed by atoms with Gasteiger partial charge in [-0.2, -0.15) is 0 Å². The van der Waals surface area contributed by atoms with E-state index in [1.165, 1.54) is 12.1 Å². The SMILES string of the molecule is CCC(=O)N(c1ccccc1)C1CCN(C(=O)[C@H](Cc2ccccc2)NC(=O)CNC(=O)C/C=C(\F)[C@@H](N)Cc2ccc(O)cc2)CC1. The fraction of sp³-hybridized carbons (Fsp3) is 0.351. The minimum atomic E-state index is -0.964. The van der Waals surface area contributed by atoms with Gasteiger partial charge in [-0.3, -0.25) is 19.2 Å². The third-order valence-corrected chi connectivity index (χ3v) is 8.34. The molecule has 4 amide bonds. The fourth-order valence-corrected chi connectivity index (χ4v) is 5.75. The lowest BCUT2D eigenvalue weighted by atomic mass is 9.99. The number of phenolic OH excluding ortho intramolecular Hbond substituents is 1. The van der Waals surface area contributed by atoms with Crippen LogP contribution in [0.1, 0.15) is 43.7 Å². The molecule has 1 aliphatic heterocycles. The van der Waals surface area contributed by atoms with Gasteiger partial charge in [-0.25, -0.2) is 4.39 Å². The lowest BCUT2D eigenvalue weighted by Gasteiger charge is -2.39. The van der Waals surface area contributed by atoms with Crippen LogP contribution < -0.4 is 21.3 Å². The van der Waals surface area contributed by atoms with Crippen LogP contribution in [0.5, 0.6) is 5.75 Å². The molecule has 0 bridgehead atoms. The van der Waals surface area contributed by atoms with Crippen LogP contribution in [0.4, 0.5) is 10.1 Å². The fourth-order valence-electron chi connectivity index (χ4n) is 5.75. The number of benzene rings is 3. The molecular weight excluding hydrogens is 613 g/mol. The molecule has 1 fully saturated rings. The number of hydrogen-bond donors (Lipinski definition) is 4. The first-order chi connectivity index (χ1) is 23.1. The van der Waals surface area contributed by atoms with E-state index in [1.54, 1.807) is 17.0 Å². The van der Waals surface area contributed by atoms with E-state index < -0.39 is 29.7 Å². The Balaban J connectivity index is 1.32. The maximum absolute atomic E-state index is 14.5. The first-order valence-electron chi connectivity index (χ1n) is 16.3. The molecule has 3 aromatic carbocycles. The van der Waals surface area contributed by atoms with E-state index in [4.69, 9.17) is 5.73 Å². The normalized spacial score (nSPS) is 14.9. The molecule has 1 saturated heterocycles. The van der Waals surface area contributed by atoms with Crippen molar-refractivity contribution in [2.45, 2.75) is 63.6 Å². The molecule has 3 aromatic rings. The number of halogens is 1. The van der Waals surface area contributed by atoms with E-state index >= 15 is 0 Å². The molecule has 48 heavy (non-hydrogen) atoms. The number of aromatic hydroxyl groups is 1. The second kappa shape index (κ2) is 17.8. The number of piperidine rings is 1. The standard InChI is InChI=1S/C37H44FN5O5/c1-2-36(47)43(28-11-7-4-8-12-28)29-19-21-42(22-20-29)37(48)33(24-26-9-5-3-6-10-26)41-35(46)25-40-34(45)18-17-31(38)32(39)23-27-13-15-30(44)16-14-27/h3-17,29,32-33,44H,2,18-25,39H2,1H3,(H,40,45)(H,41,46)/b31-17-/t32-,33-/m0/s1. The number of anilines is 1. The topological polar surface area (TPSA) is 145 Å². The third kappa shape index (κ3) is 10.5. The Morgan fingerprint density at radius 3 is 2.15 bits per heavy atom. The summed E-state index contributed by atoms with van der Waals surface area (Å²) in [5.41, 5.74) is 8.35. The van der Waals surface area contributed by atoms with Crippen molar-refractivity contribution in [3.05, 3.63) is 108 Å². The van der Waals surface area contributed by atoms with Gasteiger partial charge in [0.15, 0.2) is 0 Å². The van der Waals surface area contributed by atoms with Gasteiger partial charge in [0.1, 0.15) is 17.6 Å². The molecule has 0 unspecified atom stereocenters. The van der Waals surface area contributed by atoms with Crippen LogP contribution in [0.15, 0.2) is 96.8 Å². The summed E-state index contributed by atoms with van der Waals surface area (Å²) in [4.78, 5) is 55.6. The van der Waals surface area contributed by atoms with Gasteiger partial charge in [0, 0.05) is 44.1 Å². The van der Waals surface area contributed by atoms with Crippen molar-refractivity contribution in [1.29, 1.82) is 0 Å². The van der Waals surface area contributed by atoms with Gasteiger partial charge in [-0.15, -0.1) is 0 Å². The number of carbonyl (C=O) groups is 4. The van der Waals surface area contributed by atoms with Crippen molar-refractivity contribution in [3.8, 4) is 5.75 Å². The monoisotopic (exact) mass is 657 g/mol. The highest BCUT2D eigenvalue weighted by molar-refractivity contribution is 5.94. The van der Waals surface area contributed by atoms with Gasteiger partial charge in [0.05, 0.1) is 12.6 Å². The summed E-state index contributed by atoms with van der Waals surface area (Å²) in [7, 11) is 0. The van der Waals surface area contributed by atoms with Crippen LogP contribution in [0.3, 0.4) is 0 Å². The Labute approximate surface area is 280 Å². The van der Waals surface area contributed by atoms with Gasteiger partial charge < -0.3 is 31.3 Å². The molecule has 0 spiro atoms. The van der Waals surface area contributed by atoms with Crippen LogP contribution in [0.25, 0.3) is 0 Å². The summed E-state index contributed by atoms with van der Waals surface area (Å²) in [5, 5.41) is 14.7. The summed E-state index contributed by atoms with van der Waals surface area (Å²) < 4.78 is 14.5. The lowest BCUT2D eigenvalue weighted by Crippen LogP contribution is -2.55. The Morgan fingerprint density at radius 2 is 1.52 bits per heavy atom. The summed E-state index contributed by atoms with van der Waals surface area (Å²) in [6.45, 7) is 2.30. The average molecular weight is 658 g/mol. The van der Waals surface area contributed by atoms with E-state index in [0.29, 0.717) is 32.4 Å². The molecule has 254 valence electrons. The molecule has 4 rings (SSSR count). The third-order valence-electron chi connectivity index (χ3n) is 8.34. The van der Waals surface area contributed by atoms with E-state index in [9.17, 15) is 28.7 Å². The number of phenols is 1. The first-order valence-corrected chi connectivity index (χ1v) is 16.3. The largest absolute Gasteiger partial charge is 0.508 e. The number of hydrogen-bond acceptors (Lipinski definition) is 6. The zero-order valence-corrected chi connectivity index (χ0v) is 27.2. The van der Waals surface area contributed by atoms with Crippen LogP contribution in [-0.4, -0.2) is 71.4 Å². The molecule has 5 N–H and O–H groups in total. The molecule has 0 aliphatic carbocycles. The predicted octanol–water partition coefficient (Wildman–Crippen LogP) is 3.78. The van der Waals surface area contributed by atoms with Crippen LogP contribution in [0, 0.1) is 0 Å². The molecular formula is C37H44FN5O5. The lowest BCUT2D eigenvalue weighted by molar-refractivity contribution is -0.137. The molecule has 1 heterocycles. The van der Waals surface area contributed by atoms with E-state index in [1.807, 2.05) is 72.5 Å². The number of para-hydroxylation sites is 1. The van der Waals surface area contributed by atoms with Gasteiger partial charge in [0.25, 0.3) is 0 Å².